The summed E-state index contributed by atoms with van der Waals surface area (Å²) in [5.41, 5.74) is 5.37. The maximum absolute atomic E-state index is 13.0. The molecule has 0 aliphatic heterocycles. The van der Waals surface area contributed by atoms with Crippen molar-refractivity contribution in [1.82, 2.24) is 0 Å². The molecule has 2 heteroatoms. The van der Waals surface area contributed by atoms with Gasteiger partial charge in [-0.2, -0.15) is 0 Å². The lowest BCUT2D eigenvalue weighted by Crippen LogP contribution is -2.24. The minimum Gasteiger partial charge on any atom is -0.507 e. The molecule has 1 aliphatic carbocycles. The Morgan fingerprint density at radius 1 is 0.862 bits per heavy atom. The third-order valence-electron chi connectivity index (χ3n) is 5.50. The van der Waals surface area contributed by atoms with Crippen molar-refractivity contribution >= 4 is 11.9 Å². The monoisotopic (exact) mass is 394 g/mol. The highest BCUT2D eigenvalue weighted by molar-refractivity contribution is 6.11. The Hall–Kier alpha value is -2.09. The zero-order valence-corrected chi connectivity index (χ0v) is 19.9. The van der Waals surface area contributed by atoms with Gasteiger partial charge in [-0.05, 0) is 69.7 Å². The Bertz CT molecular complexity index is 892. The predicted molar refractivity (Wildman–Crippen MR) is 124 cm³/mol. The van der Waals surface area contributed by atoms with E-state index < -0.39 is 0 Å². The highest BCUT2D eigenvalue weighted by atomic mass is 16.3. The fourth-order valence-corrected chi connectivity index (χ4v) is 3.71. The summed E-state index contributed by atoms with van der Waals surface area (Å²) in [5.74, 6) is 0.962. The zero-order chi connectivity index (χ0) is 22.3. The van der Waals surface area contributed by atoms with Gasteiger partial charge in [0.15, 0.2) is 5.78 Å². The summed E-state index contributed by atoms with van der Waals surface area (Å²) in [6.45, 7) is 21.0. The lowest BCUT2D eigenvalue weighted by Gasteiger charge is -2.27. The molecule has 2 rings (SSSR count). The van der Waals surface area contributed by atoms with E-state index in [2.05, 4.69) is 87.4 Å². The van der Waals surface area contributed by atoms with Crippen molar-refractivity contribution in [2.24, 2.45) is 11.3 Å². The van der Waals surface area contributed by atoms with Gasteiger partial charge in [-0.25, -0.2) is 0 Å². The topological polar surface area (TPSA) is 37.3 Å². The molecule has 0 fully saturated rings. The van der Waals surface area contributed by atoms with Gasteiger partial charge in [-0.15, -0.1) is 0 Å². The van der Waals surface area contributed by atoms with Gasteiger partial charge in [-0.3, -0.25) is 4.79 Å². The summed E-state index contributed by atoms with van der Waals surface area (Å²) < 4.78 is 0. The molecule has 0 unspecified atom stereocenters. The van der Waals surface area contributed by atoms with Crippen LogP contribution in [0.2, 0.25) is 0 Å². The molecule has 2 nitrogen and oxygen atoms in total. The van der Waals surface area contributed by atoms with E-state index in [0.717, 1.165) is 33.4 Å². The van der Waals surface area contributed by atoms with Crippen molar-refractivity contribution in [1.29, 1.82) is 0 Å². The van der Waals surface area contributed by atoms with Crippen molar-refractivity contribution < 1.29 is 9.90 Å². The fraction of sp³-hybridized carbons (Fsp3) is 0.519. The first-order valence-corrected chi connectivity index (χ1v) is 10.7. The van der Waals surface area contributed by atoms with Gasteiger partial charge in [0.2, 0.25) is 0 Å². The van der Waals surface area contributed by atoms with Crippen molar-refractivity contribution in [2.45, 2.75) is 80.6 Å². The highest BCUT2D eigenvalue weighted by Crippen LogP contribution is 2.39. The average Bonchev–Trinajstić information content (AvgIpc) is 2.55. The van der Waals surface area contributed by atoms with Gasteiger partial charge < -0.3 is 5.11 Å². The largest absolute Gasteiger partial charge is 0.507 e. The molecule has 0 saturated carbocycles. The standard InChI is InChI=1S/C27H38O2/c1-16(2)20-12-18(14-22(24(20)28)26(5,6)7)11-19-13-21(17(3)4)25(29)23(15-19)27(8,9)10/h11-17,28H,1-10H3/b19-11-. The second-order valence-electron chi connectivity index (χ2n) is 10.9. The Balaban J connectivity index is 2.72. The van der Waals surface area contributed by atoms with E-state index in [4.69, 9.17) is 0 Å². The molecular formula is C27H38O2. The van der Waals surface area contributed by atoms with E-state index in [1.165, 1.54) is 0 Å². The van der Waals surface area contributed by atoms with Crippen molar-refractivity contribution in [2.75, 3.05) is 0 Å². The van der Waals surface area contributed by atoms with Gasteiger partial charge in [-0.1, -0.05) is 69.2 Å². The minimum absolute atomic E-state index is 0.157. The molecule has 158 valence electrons. The van der Waals surface area contributed by atoms with Crippen LogP contribution in [0.15, 0.2) is 41.0 Å². The molecule has 0 heterocycles. The summed E-state index contributed by atoms with van der Waals surface area (Å²) in [7, 11) is 0. The summed E-state index contributed by atoms with van der Waals surface area (Å²) in [6.07, 6.45) is 6.20. The van der Waals surface area contributed by atoms with Gasteiger partial charge in [0, 0.05) is 16.7 Å². The fourth-order valence-electron chi connectivity index (χ4n) is 3.71. The summed E-state index contributed by atoms with van der Waals surface area (Å²) >= 11 is 0. The maximum Gasteiger partial charge on any atom is 0.185 e. The number of rotatable bonds is 3. The minimum atomic E-state index is -0.209. The van der Waals surface area contributed by atoms with Gasteiger partial charge >= 0.3 is 0 Å². The van der Waals surface area contributed by atoms with Crippen molar-refractivity contribution in [3.63, 3.8) is 0 Å². The number of benzene rings is 1. The summed E-state index contributed by atoms with van der Waals surface area (Å²) in [4.78, 5) is 13.0. The number of ketones is 1. The van der Waals surface area contributed by atoms with Crippen LogP contribution in [0.5, 0.6) is 5.75 Å². The highest BCUT2D eigenvalue weighted by Gasteiger charge is 2.30. The molecule has 29 heavy (non-hydrogen) atoms. The van der Waals surface area contributed by atoms with E-state index in [1.807, 2.05) is 12.2 Å². The van der Waals surface area contributed by atoms with E-state index in [9.17, 15) is 9.90 Å². The van der Waals surface area contributed by atoms with Crippen LogP contribution < -0.4 is 0 Å². The predicted octanol–water partition coefficient (Wildman–Crippen LogP) is 7.33. The lowest BCUT2D eigenvalue weighted by atomic mass is 9.75. The van der Waals surface area contributed by atoms with E-state index in [0.29, 0.717) is 5.75 Å². The molecule has 0 spiro atoms. The molecular weight excluding hydrogens is 356 g/mol. The zero-order valence-electron chi connectivity index (χ0n) is 19.9. The number of carbonyl (C=O) groups excluding carboxylic acids is 1. The molecule has 1 aromatic rings. The normalized spacial score (nSPS) is 17.2. The molecule has 0 saturated heterocycles. The number of phenols is 1. The molecule has 1 aromatic carbocycles. The van der Waals surface area contributed by atoms with E-state index >= 15 is 0 Å². The first kappa shape index (κ1) is 23.2. The Labute approximate surface area is 177 Å². The average molecular weight is 395 g/mol. The second kappa shape index (κ2) is 7.97. The molecule has 1 aliphatic rings. The molecule has 1 N–H and O–H groups in total. The number of aromatic hydroxyl groups is 1. The Kier molecular flexibility index (Phi) is 6.37. The van der Waals surface area contributed by atoms with Crippen LogP contribution >= 0.6 is 0 Å². The SMILES string of the molecule is CC(C)C1=C/C(=C/c2cc(C(C)C)c(O)c(C(C)(C)C)c2)C=C(C(C)(C)C)C1=O. The molecule has 0 atom stereocenters. The first-order chi connectivity index (χ1) is 13.1. The van der Waals surface area contributed by atoms with Gasteiger partial charge in [0.25, 0.3) is 0 Å². The van der Waals surface area contributed by atoms with Crippen molar-refractivity contribution in [3.05, 3.63) is 57.7 Å². The second-order valence-corrected chi connectivity index (χ2v) is 10.9. The van der Waals surface area contributed by atoms with Crippen LogP contribution in [0.3, 0.4) is 0 Å². The van der Waals surface area contributed by atoms with Gasteiger partial charge in [0.05, 0.1) is 0 Å². The number of hydrogen-bond donors (Lipinski definition) is 1. The third-order valence-corrected chi connectivity index (χ3v) is 5.50. The Morgan fingerprint density at radius 3 is 1.90 bits per heavy atom. The number of phenolic OH excluding ortho intramolecular Hbond substituents is 1. The summed E-state index contributed by atoms with van der Waals surface area (Å²) in [5, 5.41) is 10.8. The quantitative estimate of drug-likeness (QED) is 0.582. The molecule has 0 bridgehead atoms. The third kappa shape index (κ3) is 5.10. The van der Waals surface area contributed by atoms with Crippen molar-refractivity contribution in [3.8, 4) is 5.75 Å². The smallest absolute Gasteiger partial charge is 0.185 e. The van der Waals surface area contributed by atoms with Crippen LogP contribution in [-0.2, 0) is 10.2 Å². The van der Waals surface area contributed by atoms with Gasteiger partial charge in [0.1, 0.15) is 5.75 Å². The number of hydrogen-bond acceptors (Lipinski definition) is 2. The molecule has 0 amide bonds. The summed E-state index contributed by atoms with van der Waals surface area (Å²) in [6, 6.07) is 4.16. The number of allylic oxidation sites excluding steroid dienone is 5. The lowest BCUT2D eigenvalue weighted by molar-refractivity contribution is -0.113. The maximum atomic E-state index is 13.0. The number of carbonyl (C=O) groups is 1. The van der Waals surface area contributed by atoms with Crippen LogP contribution in [0.4, 0.5) is 0 Å². The van der Waals surface area contributed by atoms with E-state index in [1.54, 1.807) is 0 Å². The first-order valence-electron chi connectivity index (χ1n) is 10.7. The van der Waals surface area contributed by atoms with Crippen LogP contribution in [0.1, 0.15) is 91.8 Å². The van der Waals surface area contributed by atoms with E-state index in [-0.39, 0.29) is 28.4 Å². The molecule has 0 aromatic heterocycles. The Morgan fingerprint density at radius 2 is 1.45 bits per heavy atom. The van der Waals surface area contributed by atoms with Crippen LogP contribution in [-0.4, -0.2) is 10.9 Å². The molecule has 0 radical (unpaired) electrons. The van der Waals surface area contributed by atoms with Crippen LogP contribution in [0.25, 0.3) is 6.08 Å². The van der Waals surface area contributed by atoms with Crippen LogP contribution in [0, 0.1) is 11.3 Å². The number of Topliss-reactive ketones (excluding diaryl/α,β-unsaturated/α-hetero) is 1.